The number of carboxylic acid groups (broad SMARTS) is 1. The first kappa shape index (κ1) is 22.5. The van der Waals surface area contributed by atoms with Crippen LogP contribution in [0.1, 0.15) is 36.8 Å². The number of carbonyl (C=O) groups excluding carboxylic acids is 3. The van der Waals surface area contributed by atoms with Gasteiger partial charge in [-0.05, 0) is 36.1 Å². The Balaban J connectivity index is 1.41. The number of rotatable bonds is 8. The van der Waals surface area contributed by atoms with Crippen LogP contribution in [0.3, 0.4) is 0 Å². The van der Waals surface area contributed by atoms with Gasteiger partial charge >= 0.3 is 5.97 Å². The van der Waals surface area contributed by atoms with Gasteiger partial charge in [-0.25, -0.2) is 4.79 Å². The summed E-state index contributed by atoms with van der Waals surface area (Å²) in [5.74, 6) is -1.62. The number of likely N-dealkylation sites (tertiary alicyclic amines) is 1. The molecule has 2 saturated heterocycles. The first-order valence-corrected chi connectivity index (χ1v) is 11.2. The fourth-order valence-electron chi connectivity index (χ4n) is 4.42. The van der Waals surface area contributed by atoms with Crippen molar-refractivity contribution in [2.75, 3.05) is 11.4 Å². The Labute approximate surface area is 192 Å². The molecule has 0 spiro atoms. The summed E-state index contributed by atoms with van der Waals surface area (Å²) in [5.41, 5.74) is 2.44. The zero-order chi connectivity index (χ0) is 23.4. The maximum Gasteiger partial charge on any atom is 0.326 e. The topological polar surface area (TPSA) is 107 Å². The highest BCUT2D eigenvalue weighted by molar-refractivity contribution is 5.95. The minimum atomic E-state index is -1.14. The molecule has 4 rings (SSSR count). The van der Waals surface area contributed by atoms with E-state index < -0.39 is 24.0 Å². The maximum atomic E-state index is 12.9. The smallest absolute Gasteiger partial charge is 0.326 e. The van der Waals surface area contributed by atoms with Crippen LogP contribution in [-0.4, -0.2) is 52.3 Å². The summed E-state index contributed by atoms with van der Waals surface area (Å²) < 4.78 is 0. The van der Waals surface area contributed by atoms with Gasteiger partial charge in [0.05, 0.1) is 0 Å². The number of aliphatic carboxylic acids is 1. The van der Waals surface area contributed by atoms with Crippen LogP contribution in [0.25, 0.3) is 0 Å². The zero-order valence-corrected chi connectivity index (χ0v) is 18.3. The average molecular weight is 450 g/mol. The van der Waals surface area contributed by atoms with Gasteiger partial charge in [-0.1, -0.05) is 42.5 Å². The van der Waals surface area contributed by atoms with Crippen LogP contribution in [-0.2, 0) is 32.1 Å². The van der Waals surface area contributed by atoms with Crippen molar-refractivity contribution in [3.8, 4) is 0 Å². The third-order valence-electron chi connectivity index (χ3n) is 6.20. The fourth-order valence-corrected chi connectivity index (χ4v) is 4.42. The molecule has 0 bridgehead atoms. The zero-order valence-electron chi connectivity index (χ0n) is 18.3. The van der Waals surface area contributed by atoms with Crippen LogP contribution in [0.15, 0.2) is 54.6 Å². The minimum Gasteiger partial charge on any atom is -0.480 e. The number of benzene rings is 2. The molecule has 8 nitrogen and oxygen atoms in total. The van der Waals surface area contributed by atoms with Crippen LogP contribution in [0.4, 0.5) is 5.69 Å². The van der Waals surface area contributed by atoms with Crippen LogP contribution in [0.2, 0.25) is 0 Å². The molecule has 8 heteroatoms. The molecule has 0 aromatic heterocycles. The van der Waals surface area contributed by atoms with E-state index in [1.807, 2.05) is 30.3 Å². The van der Waals surface area contributed by atoms with E-state index in [4.69, 9.17) is 0 Å². The van der Waals surface area contributed by atoms with Gasteiger partial charge in [0.2, 0.25) is 17.7 Å². The van der Waals surface area contributed by atoms with Crippen LogP contribution >= 0.6 is 0 Å². The third kappa shape index (κ3) is 5.22. The Morgan fingerprint density at radius 2 is 1.70 bits per heavy atom. The summed E-state index contributed by atoms with van der Waals surface area (Å²) in [6.45, 7) is 0.998. The van der Waals surface area contributed by atoms with Gasteiger partial charge in [-0.2, -0.15) is 0 Å². The molecule has 2 atom stereocenters. The van der Waals surface area contributed by atoms with E-state index in [2.05, 4.69) is 5.32 Å². The summed E-state index contributed by atoms with van der Waals surface area (Å²) in [4.78, 5) is 52.3. The molecule has 0 aliphatic carbocycles. The average Bonchev–Trinajstić information content (AvgIpc) is 3.40. The molecular formula is C25H27N3O5. The van der Waals surface area contributed by atoms with E-state index in [1.54, 1.807) is 29.2 Å². The maximum absolute atomic E-state index is 12.9. The van der Waals surface area contributed by atoms with E-state index in [0.29, 0.717) is 25.9 Å². The predicted molar refractivity (Wildman–Crippen MR) is 121 cm³/mol. The standard InChI is InChI=1S/C25H27N3O5/c29-22-7-4-14-27(22)19-10-8-17(9-11-19)15-20(25(32)33)26-24(31)21-12-13-23(30)28(21)16-18-5-2-1-3-6-18/h1-3,5-6,8-11,20-21H,4,7,12-16H2,(H,26,31)(H,32,33)/t20-,21-/m0/s1. The molecule has 2 aromatic rings. The molecular weight excluding hydrogens is 422 g/mol. The lowest BCUT2D eigenvalue weighted by Crippen LogP contribution is -2.50. The second-order valence-corrected chi connectivity index (χ2v) is 8.48. The Hall–Kier alpha value is -3.68. The van der Waals surface area contributed by atoms with Crippen LogP contribution in [0, 0.1) is 0 Å². The molecule has 2 aromatic carbocycles. The van der Waals surface area contributed by atoms with Crippen LogP contribution in [0.5, 0.6) is 0 Å². The Bertz CT molecular complexity index is 1040. The number of carbonyl (C=O) groups is 4. The summed E-state index contributed by atoms with van der Waals surface area (Å²) in [6.07, 6.45) is 2.11. The summed E-state index contributed by atoms with van der Waals surface area (Å²) in [6, 6.07) is 14.8. The third-order valence-corrected chi connectivity index (χ3v) is 6.20. The summed E-state index contributed by atoms with van der Waals surface area (Å²) in [7, 11) is 0. The van der Waals surface area contributed by atoms with Crippen molar-refractivity contribution in [2.45, 2.75) is 50.7 Å². The molecule has 2 fully saturated rings. The van der Waals surface area contributed by atoms with Gasteiger partial charge in [0, 0.05) is 38.0 Å². The highest BCUT2D eigenvalue weighted by Gasteiger charge is 2.37. The molecule has 3 amide bonds. The molecule has 0 radical (unpaired) electrons. The highest BCUT2D eigenvalue weighted by atomic mass is 16.4. The lowest BCUT2D eigenvalue weighted by Gasteiger charge is -2.26. The summed E-state index contributed by atoms with van der Waals surface area (Å²) in [5, 5.41) is 12.3. The lowest BCUT2D eigenvalue weighted by atomic mass is 10.0. The highest BCUT2D eigenvalue weighted by Crippen LogP contribution is 2.23. The number of nitrogens with one attached hydrogen (secondary N) is 1. The molecule has 2 N–H and O–H groups in total. The normalized spacial score (nSPS) is 19.1. The predicted octanol–water partition coefficient (Wildman–Crippen LogP) is 2.12. The van der Waals surface area contributed by atoms with Gasteiger partial charge in [-0.15, -0.1) is 0 Å². The van der Waals surface area contributed by atoms with Gasteiger partial charge in [0.15, 0.2) is 0 Å². The van der Waals surface area contributed by atoms with E-state index in [9.17, 15) is 24.3 Å². The molecule has 172 valence electrons. The van der Waals surface area contributed by atoms with Crippen molar-refractivity contribution in [3.05, 3.63) is 65.7 Å². The second-order valence-electron chi connectivity index (χ2n) is 8.48. The number of nitrogens with zero attached hydrogens (tertiary/aromatic N) is 2. The fraction of sp³-hybridized carbons (Fsp3) is 0.360. The summed E-state index contributed by atoms with van der Waals surface area (Å²) >= 11 is 0. The molecule has 33 heavy (non-hydrogen) atoms. The second kappa shape index (κ2) is 9.85. The van der Waals surface area contributed by atoms with E-state index >= 15 is 0 Å². The Morgan fingerprint density at radius 1 is 0.970 bits per heavy atom. The van der Waals surface area contributed by atoms with Gasteiger partial charge in [-0.3, -0.25) is 14.4 Å². The molecule has 2 aliphatic heterocycles. The number of carboxylic acids is 1. The van der Waals surface area contributed by atoms with Crippen molar-refractivity contribution in [3.63, 3.8) is 0 Å². The van der Waals surface area contributed by atoms with Crippen molar-refractivity contribution in [1.29, 1.82) is 0 Å². The first-order valence-electron chi connectivity index (χ1n) is 11.2. The largest absolute Gasteiger partial charge is 0.480 e. The minimum absolute atomic E-state index is 0.0876. The molecule has 0 unspecified atom stereocenters. The van der Waals surface area contributed by atoms with Gasteiger partial charge in [0.25, 0.3) is 0 Å². The SMILES string of the molecule is O=C(O)[C@H](Cc1ccc(N2CCCC2=O)cc1)NC(=O)[C@@H]1CCC(=O)N1Cc1ccccc1. The first-order chi connectivity index (χ1) is 15.9. The number of amides is 3. The Kier molecular flexibility index (Phi) is 6.72. The van der Waals surface area contributed by atoms with E-state index in [-0.39, 0.29) is 24.7 Å². The van der Waals surface area contributed by atoms with E-state index in [0.717, 1.165) is 23.2 Å². The van der Waals surface area contributed by atoms with Crippen molar-refractivity contribution >= 4 is 29.4 Å². The van der Waals surface area contributed by atoms with Gasteiger partial charge < -0.3 is 20.2 Å². The lowest BCUT2D eigenvalue weighted by molar-refractivity contribution is -0.143. The number of hydrogen-bond acceptors (Lipinski definition) is 4. The molecule has 0 saturated carbocycles. The van der Waals surface area contributed by atoms with Crippen molar-refractivity contribution in [1.82, 2.24) is 10.2 Å². The van der Waals surface area contributed by atoms with Crippen molar-refractivity contribution in [2.24, 2.45) is 0 Å². The van der Waals surface area contributed by atoms with Gasteiger partial charge in [0.1, 0.15) is 12.1 Å². The molecule has 2 heterocycles. The van der Waals surface area contributed by atoms with Crippen LogP contribution < -0.4 is 10.2 Å². The van der Waals surface area contributed by atoms with Crippen molar-refractivity contribution < 1.29 is 24.3 Å². The monoisotopic (exact) mass is 449 g/mol. The quantitative estimate of drug-likeness (QED) is 0.642. The Morgan fingerprint density at radius 3 is 2.33 bits per heavy atom. The number of hydrogen-bond donors (Lipinski definition) is 2. The number of anilines is 1. The van der Waals surface area contributed by atoms with E-state index in [1.165, 1.54) is 4.90 Å². The molecule has 2 aliphatic rings.